The minimum atomic E-state index is -0.712. The second-order valence-electron chi connectivity index (χ2n) is 12.5. The van der Waals surface area contributed by atoms with Crippen molar-refractivity contribution in [1.82, 2.24) is 19.7 Å². The Bertz CT molecular complexity index is 1640. The van der Waals surface area contributed by atoms with Gasteiger partial charge in [-0.2, -0.15) is 25.6 Å². The summed E-state index contributed by atoms with van der Waals surface area (Å²) in [5, 5.41) is 27.1. The number of aryl methyl sites for hydroxylation is 2. The van der Waals surface area contributed by atoms with Crippen molar-refractivity contribution in [3.05, 3.63) is 40.6 Å². The molecule has 4 aliphatic rings. The van der Waals surface area contributed by atoms with Crippen LogP contribution < -0.4 is 10.1 Å². The number of hydrogen-bond donors (Lipinski definition) is 1. The molecule has 0 saturated heterocycles. The topological polar surface area (TPSA) is 139 Å². The average Bonchev–Trinajstić information content (AvgIpc) is 3.60. The summed E-state index contributed by atoms with van der Waals surface area (Å²) >= 11 is 0. The number of anilines is 1. The summed E-state index contributed by atoms with van der Waals surface area (Å²) in [5.41, 5.74) is 2.51. The van der Waals surface area contributed by atoms with Crippen molar-refractivity contribution in [2.24, 2.45) is 5.41 Å². The lowest BCUT2D eigenvalue weighted by Gasteiger charge is -2.66. The summed E-state index contributed by atoms with van der Waals surface area (Å²) in [4.78, 5) is 22.9. The van der Waals surface area contributed by atoms with E-state index in [2.05, 4.69) is 16.5 Å². The largest absolute Gasteiger partial charge is 0.442 e. The second kappa shape index (κ2) is 8.79. The van der Waals surface area contributed by atoms with Gasteiger partial charge in [0.25, 0.3) is 0 Å². The molecule has 2 bridgehead atoms. The lowest BCUT2D eigenvalue weighted by Crippen LogP contribution is -2.70. The summed E-state index contributed by atoms with van der Waals surface area (Å²) in [6.45, 7) is 9.31. The number of benzene rings is 1. The van der Waals surface area contributed by atoms with Crippen LogP contribution in [0.25, 0.3) is 17.1 Å². The zero-order valence-electron chi connectivity index (χ0n) is 23.3. The first-order valence-corrected chi connectivity index (χ1v) is 13.5. The monoisotopic (exact) mass is 537 g/mol. The van der Waals surface area contributed by atoms with E-state index in [0.29, 0.717) is 28.6 Å². The van der Waals surface area contributed by atoms with E-state index in [1.165, 1.54) is 10.8 Å². The number of hydrogen-bond acceptors (Lipinski definition) is 9. The van der Waals surface area contributed by atoms with E-state index in [4.69, 9.17) is 24.7 Å². The maximum Gasteiger partial charge on any atom is 0.437 e. The molecule has 4 aliphatic carbocycles. The van der Waals surface area contributed by atoms with Crippen LogP contribution in [0, 0.1) is 41.9 Å². The molecule has 0 spiro atoms. The molecule has 2 heterocycles. The molecule has 3 aromatic rings. The number of nitrogens with one attached hydrogen (secondary N) is 1. The van der Waals surface area contributed by atoms with E-state index in [1.807, 2.05) is 52.8 Å². The predicted octanol–water partition coefficient (Wildman–Crippen LogP) is 6.29. The fourth-order valence-corrected chi connectivity index (χ4v) is 5.96. The van der Waals surface area contributed by atoms with Gasteiger partial charge in [0.15, 0.2) is 5.65 Å². The van der Waals surface area contributed by atoms with Crippen molar-refractivity contribution >= 4 is 29.2 Å². The van der Waals surface area contributed by atoms with Crippen molar-refractivity contribution in [1.29, 1.82) is 10.5 Å². The van der Waals surface area contributed by atoms with E-state index in [0.717, 1.165) is 54.5 Å². The van der Waals surface area contributed by atoms with Crippen LogP contribution >= 0.6 is 0 Å². The molecule has 40 heavy (non-hydrogen) atoms. The maximum atomic E-state index is 13.3. The van der Waals surface area contributed by atoms with Gasteiger partial charge in [0.05, 0.1) is 23.2 Å². The number of aromatic nitrogens is 4. The average molecular weight is 538 g/mol. The normalized spacial score (nSPS) is 23.2. The number of nitriles is 2. The Balaban J connectivity index is 1.47. The Hall–Kier alpha value is -4.44. The Kier molecular flexibility index (Phi) is 5.67. The van der Waals surface area contributed by atoms with Gasteiger partial charge in [0.2, 0.25) is 11.8 Å². The van der Waals surface area contributed by atoms with Gasteiger partial charge in [-0.05, 0) is 102 Å². The zero-order valence-corrected chi connectivity index (χ0v) is 23.3. The number of fused-ring (bicyclic) bond motifs is 1. The van der Waals surface area contributed by atoms with Gasteiger partial charge in [0.1, 0.15) is 16.7 Å². The van der Waals surface area contributed by atoms with E-state index >= 15 is 0 Å². The number of carbonyl (C=O) groups excluding carboxylic acids is 1. The maximum absolute atomic E-state index is 13.3. The van der Waals surface area contributed by atoms with Crippen molar-refractivity contribution in [3.8, 4) is 23.8 Å². The first kappa shape index (κ1) is 25.8. The fourth-order valence-electron chi connectivity index (χ4n) is 5.96. The van der Waals surface area contributed by atoms with Gasteiger partial charge in [-0.25, -0.2) is 4.79 Å². The van der Waals surface area contributed by atoms with Gasteiger partial charge < -0.3 is 14.8 Å². The third kappa shape index (κ3) is 4.44. The molecule has 4 fully saturated rings. The van der Waals surface area contributed by atoms with Gasteiger partial charge in [0, 0.05) is 17.5 Å². The van der Waals surface area contributed by atoms with Crippen LogP contribution in [-0.4, -0.2) is 37.0 Å². The minimum Gasteiger partial charge on any atom is -0.442 e. The van der Waals surface area contributed by atoms with E-state index in [9.17, 15) is 10.1 Å². The van der Waals surface area contributed by atoms with Crippen LogP contribution in [0.2, 0.25) is 0 Å². The highest BCUT2D eigenvalue weighted by molar-refractivity contribution is 5.92. The molecule has 10 heteroatoms. The first-order valence-electron chi connectivity index (χ1n) is 13.5. The van der Waals surface area contributed by atoms with Gasteiger partial charge in [-0.15, -0.1) is 4.68 Å². The standard InChI is InChI=1S/C30H31N7O3/c1-17-11-19(7-6-10-31)12-18(2)23(17)39-25-21-22(20-8-9-20)36-37(27(38)40-28(3,4)5)24(21)33-26(34-25)35-30-13-29(14-30,15-30)16-32/h6-7,11-12,20H,8-9,13-15H2,1-5H3,(H,33,34,35)/b7-6+. The minimum absolute atomic E-state index is 0.185. The van der Waals surface area contributed by atoms with Crippen LogP contribution in [-0.2, 0) is 4.74 Å². The first-order chi connectivity index (χ1) is 18.9. The van der Waals surface area contributed by atoms with Crippen molar-refractivity contribution < 1.29 is 14.3 Å². The molecule has 0 amide bonds. The van der Waals surface area contributed by atoms with E-state index in [-0.39, 0.29) is 16.9 Å². The van der Waals surface area contributed by atoms with Gasteiger partial charge in [-0.1, -0.05) is 0 Å². The number of rotatable bonds is 6. The number of ether oxygens (including phenoxy) is 2. The highest BCUT2D eigenvalue weighted by Crippen LogP contribution is 2.67. The SMILES string of the molecule is Cc1cc(/C=C/C#N)cc(C)c1Oc1nc(NC23CC(C#N)(C2)C3)nc2c1c(C1CC1)nn2C(=O)OC(C)(C)C. The smallest absolute Gasteiger partial charge is 0.437 e. The molecule has 0 aliphatic heterocycles. The molecule has 0 unspecified atom stereocenters. The molecular formula is C30H31N7O3. The summed E-state index contributed by atoms with van der Waals surface area (Å²) in [6, 6.07) is 8.34. The molecule has 1 N–H and O–H groups in total. The third-order valence-corrected chi connectivity index (χ3v) is 7.73. The molecule has 2 aromatic heterocycles. The van der Waals surface area contributed by atoms with Crippen LogP contribution in [0.4, 0.5) is 10.7 Å². The van der Waals surface area contributed by atoms with Crippen LogP contribution in [0.1, 0.15) is 81.2 Å². The molecule has 1 aromatic carbocycles. The molecule has 10 nitrogen and oxygen atoms in total. The quantitative estimate of drug-likeness (QED) is 0.359. The fraction of sp³-hybridized carbons (Fsp3) is 0.467. The van der Waals surface area contributed by atoms with Crippen LogP contribution in [0.15, 0.2) is 18.2 Å². The molecule has 7 rings (SSSR count). The predicted molar refractivity (Wildman–Crippen MR) is 148 cm³/mol. The summed E-state index contributed by atoms with van der Waals surface area (Å²) in [6.07, 6.45) is 6.70. The van der Waals surface area contributed by atoms with Crippen molar-refractivity contribution in [2.45, 2.75) is 83.8 Å². The van der Waals surface area contributed by atoms with Crippen molar-refractivity contribution in [3.63, 3.8) is 0 Å². The highest BCUT2D eigenvalue weighted by atomic mass is 16.6. The molecule has 204 valence electrons. The lowest BCUT2D eigenvalue weighted by atomic mass is 9.40. The van der Waals surface area contributed by atoms with Gasteiger partial charge in [-0.3, -0.25) is 0 Å². The molecular weight excluding hydrogens is 506 g/mol. The second-order valence-corrected chi connectivity index (χ2v) is 12.5. The summed E-state index contributed by atoms with van der Waals surface area (Å²) in [5.74, 6) is 1.47. The Morgan fingerprint density at radius 3 is 2.40 bits per heavy atom. The zero-order chi connectivity index (χ0) is 28.4. The summed E-state index contributed by atoms with van der Waals surface area (Å²) < 4.78 is 13.4. The highest BCUT2D eigenvalue weighted by Gasteiger charge is 2.69. The molecule has 0 radical (unpaired) electrons. The van der Waals surface area contributed by atoms with Crippen LogP contribution in [0.5, 0.6) is 11.6 Å². The lowest BCUT2D eigenvalue weighted by molar-refractivity contribution is -0.0665. The summed E-state index contributed by atoms with van der Waals surface area (Å²) in [7, 11) is 0. The van der Waals surface area contributed by atoms with E-state index < -0.39 is 11.7 Å². The Labute approximate surface area is 232 Å². The Morgan fingerprint density at radius 2 is 1.82 bits per heavy atom. The molecule has 4 saturated carbocycles. The van der Waals surface area contributed by atoms with Crippen molar-refractivity contribution in [2.75, 3.05) is 5.32 Å². The van der Waals surface area contributed by atoms with Gasteiger partial charge >= 0.3 is 6.09 Å². The van der Waals surface area contributed by atoms with E-state index in [1.54, 1.807) is 6.08 Å². The number of allylic oxidation sites excluding steroid dienone is 1. The number of nitrogens with zero attached hydrogens (tertiary/aromatic N) is 6. The van der Waals surface area contributed by atoms with Crippen LogP contribution in [0.3, 0.4) is 0 Å². The third-order valence-electron chi connectivity index (χ3n) is 7.73. The number of carbonyl (C=O) groups is 1. The Morgan fingerprint density at radius 1 is 1.15 bits per heavy atom. The molecule has 0 atom stereocenters.